The molecule has 15 heavy (non-hydrogen) atoms. The predicted octanol–water partition coefficient (Wildman–Crippen LogP) is 2.10. The van der Waals surface area contributed by atoms with Gasteiger partial charge in [-0.05, 0) is 25.1 Å². The Morgan fingerprint density at radius 2 is 1.93 bits per heavy atom. The molecular weight excluding hydrogens is 237 g/mol. The van der Waals surface area contributed by atoms with Gasteiger partial charge in [0.2, 0.25) is 0 Å². The molecule has 0 radical (unpaired) electrons. The Balaban J connectivity index is 2.73. The van der Waals surface area contributed by atoms with Crippen LogP contribution in [0.3, 0.4) is 0 Å². The van der Waals surface area contributed by atoms with Gasteiger partial charge in [-0.15, -0.1) is 0 Å². The van der Waals surface area contributed by atoms with E-state index in [0.717, 1.165) is 0 Å². The quantitative estimate of drug-likeness (QED) is 0.860. The number of halogens is 2. The zero-order valence-electron chi connectivity index (χ0n) is 8.13. The highest BCUT2D eigenvalue weighted by Gasteiger charge is 2.08. The Morgan fingerprint density at radius 1 is 1.40 bits per heavy atom. The maximum atomic E-state index is 11.5. The lowest BCUT2D eigenvalue weighted by molar-refractivity contribution is 0.0924. The molecule has 2 N–H and O–H groups in total. The first-order valence-corrected chi connectivity index (χ1v) is 5.17. The fourth-order valence-corrected chi connectivity index (χ4v) is 1.55. The monoisotopic (exact) mass is 247 g/mol. The van der Waals surface area contributed by atoms with Crippen molar-refractivity contribution in [1.82, 2.24) is 5.32 Å². The van der Waals surface area contributed by atoms with Crippen molar-refractivity contribution in [2.75, 3.05) is 6.54 Å². The number of rotatable bonds is 3. The van der Waals surface area contributed by atoms with Crippen molar-refractivity contribution in [3.63, 3.8) is 0 Å². The summed E-state index contributed by atoms with van der Waals surface area (Å²) in [5.41, 5.74) is 0.383. The summed E-state index contributed by atoms with van der Waals surface area (Å²) in [6.45, 7) is 1.79. The Kier molecular flexibility index (Phi) is 4.39. The maximum absolute atomic E-state index is 11.5. The fraction of sp³-hybridized carbons (Fsp3) is 0.300. The van der Waals surface area contributed by atoms with Crippen molar-refractivity contribution in [2.45, 2.75) is 13.0 Å². The third-order valence-electron chi connectivity index (χ3n) is 1.68. The van der Waals surface area contributed by atoms with Crippen molar-refractivity contribution >= 4 is 29.1 Å². The van der Waals surface area contributed by atoms with Crippen molar-refractivity contribution in [3.05, 3.63) is 33.8 Å². The molecular formula is C10H11Cl2NO2. The summed E-state index contributed by atoms with van der Waals surface area (Å²) in [6.07, 6.45) is -0.580. The van der Waals surface area contributed by atoms with Gasteiger partial charge in [0.25, 0.3) is 5.91 Å². The summed E-state index contributed by atoms with van der Waals surface area (Å²) in [5, 5.41) is 12.4. The van der Waals surface area contributed by atoms with E-state index in [9.17, 15) is 4.79 Å². The lowest BCUT2D eigenvalue weighted by Gasteiger charge is -2.07. The van der Waals surface area contributed by atoms with E-state index in [0.29, 0.717) is 15.6 Å². The van der Waals surface area contributed by atoms with Gasteiger partial charge in [0, 0.05) is 22.2 Å². The van der Waals surface area contributed by atoms with E-state index in [-0.39, 0.29) is 12.5 Å². The average molecular weight is 248 g/mol. The molecule has 1 aromatic carbocycles. The van der Waals surface area contributed by atoms with Crippen LogP contribution in [0.2, 0.25) is 10.0 Å². The molecule has 1 aromatic rings. The molecule has 0 aliphatic heterocycles. The number of carbonyl (C=O) groups excluding carboxylic acids is 1. The number of nitrogens with one attached hydrogen (secondary N) is 1. The highest BCUT2D eigenvalue weighted by Crippen LogP contribution is 2.18. The number of aliphatic hydroxyl groups excluding tert-OH is 1. The van der Waals surface area contributed by atoms with Crippen LogP contribution in [0.1, 0.15) is 17.3 Å². The molecule has 0 spiro atoms. The molecule has 0 fully saturated rings. The molecule has 0 aliphatic rings. The van der Waals surface area contributed by atoms with E-state index in [1.54, 1.807) is 13.0 Å². The summed E-state index contributed by atoms with van der Waals surface area (Å²) >= 11 is 11.5. The highest BCUT2D eigenvalue weighted by molar-refractivity contribution is 6.35. The number of amides is 1. The van der Waals surface area contributed by atoms with E-state index >= 15 is 0 Å². The van der Waals surface area contributed by atoms with Gasteiger partial charge in [-0.1, -0.05) is 23.2 Å². The predicted molar refractivity (Wildman–Crippen MR) is 60.5 cm³/mol. The van der Waals surface area contributed by atoms with Crippen molar-refractivity contribution < 1.29 is 9.90 Å². The minimum Gasteiger partial charge on any atom is -0.392 e. The van der Waals surface area contributed by atoms with Gasteiger partial charge < -0.3 is 10.4 Å². The summed E-state index contributed by atoms with van der Waals surface area (Å²) in [6, 6.07) is 4.59. The van der Waals surface area contributed by atoms with Gasteiger partial charge in [-0.3, -0.25) is 4.79 Å². The minimum absolute atomic E-state index is 0.197. The lowest BCUT2D eigenvalue weighted by atomic mass is 10.2. The van der Waals surface area contributed by atoms with Gasteiger partial charge in [0.1, 0.15) is 0 Å². The molecule has 5 heteroatoms. The van der Waals surface area contributed by atoms with Gasteiger partial charge in [0.15, 0.2) is 0 Å². The summed E-state index contributed by atoms with van der Waals surface area (Å²) < 4.78 is 0. The second-order valence-corrected chi connectivity index (χ2v) is 4.09. The Bertz CT molecular complexity index is 346. The lowest BCUT2D eigenvalue weighted by Crippen LogP contribution is -2.30. The number of carbonyl (C=O) groups is 1. The summed E-state index contributed by atoms with van der Waals surface area (Å²) in [4.78, 5) is 11.5. The third kappa shape index (κ3) is 4.08. The second-order valence-electron chi connectivity index (χ2n) is 3.22. The van der Waals surface area contributed by atoms with E-state index in [1.165, 1.54) is 12.1 Å². The Hall–Kier alpha value is -0.770. The fourth-order valence-electron chi connectivity index (χ4n) is 1.03. The van der Waals surface area contributed by atoms with Crippen LogP contribution in [-0.2, 0) is 0 Å². The average Bonchev–Trinajstić information content (AvgIpc) is 2.12. The Morgan fingerprint density at radius 3 is 2.40 bits per heavy atom. The number of benzene rings is 1. The van der Waals surface area contributed by atoms with E-state index < -0.39 is 6.10 Å². The molecule has 82 valence electrons. The van der Waals surface area contributed by atoms with Crippen LogP contribution in [0.5, 0.6) is 0 Å². The van der Waals surface area contributed by atoms with Crippen LogP contribution in [0, 0.1) is 0 Å². The molecule has 0 aliphatic carbocycles. The zero-order valence-corrected chi connectivity index (χ0v) is 9.64. The maximum Gasteiger partial charge on any atom is 0.251 e. The minimum atomic E-state index is -0.580. The van der Waals surface area contributed by atoms with E-state index in [1.807, 2.05) is 0 Å². The first kappa shape index (κ1) is 12.3. The number of hydrogen-bond acceptors (Lipinski definition) is 2. The molecule has 0 saturated heterocycles. The largest absolute Gasteiger partial charge is 0.392 e. The summed E-state index contributed by atoms with van der Waals surface area (Å²) in [7, 11) is 0. The standard InChI is InChI=1S/C10H11Cl2NO2/c1-6(14)5-13-10(15)7-2-8(11)4-9(12)3-7/h2-4,6,14H,5H2,1H3,(H,13,15)/t6-/m0/s1. The number of hydrogen-bond donors (Lipinski definition) is 2. The summed E-state index contributed by atoms with van der Waals surface area (Å²) in [5.74, 6) is -0.305. The molecule has 0 saturated carbocycles. The van der Waals surface area contributed by atoms with Crippen LogP contribution in [0.4, 0.5) is 0 Å². The van der Waals surface area contributed by atoms with Crippen LogP contribution < -0.4 is 5.32 Å². The van der Waals surface area contributed by atoms with Gasteiger partial charge in [0.05, 0.1) is 6.10 Å². The zero-order chi connectivity index (χ0) is 11.4. The second kappa shape index (κ2) is 5.35. The highest BCUT2D eigenvalue weighted by atomic mass is 35.5. The molecule has 0 heterocycles. The first-order valence-electron chi connectivity index (χ1n) is 4.41. The number of aliphatic hydroxyl groups is 1. The molecule has 3 nitrogen and oxygen atoms in total. The molecule has 0 unspecified atom stereocenters. The molecule has 1 atom stereocenters. The molecule has 1 rings (SSSR count). The topological polar surface area (TPSA) is 49.3 Å². The third-order valence-corrected chi connectivity index (χ3v) is 2.12. The van der Waals surface area contributed by atoms with Crippen LogP contribution in [-0.4, -0.2) is 23.7 Å². The molecule has 1 amide bonds. The van der Waals surface area contributed by atoms with Gasteiger partial charge >= 0.3 is 0 Å². The van der Waals surface area contributed by atoms with Crippen LogP contribution in [0.25, 0.3) is 0 Å². The van der Waals surface area contributed by atoms with E-state index in [2.05, 4.69) is 5.32 Å². The van der Waals surface area contributed by atoms with Crippen LogP contribution >= 0.6 is 23.2 Å². The Labute approximate surface area is 98.0 Å². The van der Waals surface area contributed by atoms with E-state index in [4.69, 9.17) is 28.3 Å². The SMILES string of the molecule is C[C@H](O)CNC(=O)c1cc(Cl)cc(Cl)c1. The van der Waals surface area contributed by atoms with Crippen molar-refractivity contribution in [1.29, 1.82) is 0 Å². The van der Waals surface area contributed by atoms with Gasteiger partial charge in [-0.25, -0.2) is 0 Å². The molecule has 0 bridgehead atoms. The van der Waals surface area contributed by atoms with Crippen molar-refractivity contribution in [3.8, 4) is 0 Å². The van der Waals surface area contributed by atoms with Crippen molar-refractivity contribution in [2.24, 2.45) is 0 Å². The van der Waals surface area contributed by atoms with Gasteiger partial charge in [-0.2, -0.15) is 0 Å². The smallest absolute Gasteiger partial charge is 0.251 e. The van der Waals surface area contributed by atoms with Crippen LogP contribution in [0.15, 0.2) is 18.2 Å². The molecule has 0 aromatic heterocycles. The normalized spacial score (nSPS) is 12.3. The first-order chi connectivity index (χ1) is 6.99.